The molecular formula is C11H11BrN2S. The van der Waals surface area contributed by atoms with E-state index in [2.05, 4.69) is 33.9 Å². The van der Waals surface area contributed by atoms with Gasteiger partial charge in [-0.3, -0.25) is 0 Å². The number of nitrogens with two attached hydrogens (primary N) is 1. The van der Waals surface area contributed by atoms with Crippen LogP contribution in [0.5, 0.6) is 0 Å². The molecule has 2 N–H and O–H groups in total. The molecule has 78 valence electrons. The van der Waals surface area contributed by atoms with Crippen molar-refractivity contribution in [2.45, 2.75) is 13.0 Å². The zero-order valence-corrected chi connectivity index (χ0v) is 10.7. The predicted octanol–water partition coefficient (Wildman–Crippen LogP) is 3.26. The number of halogens is 1. The molecule has 1 heterocycles. The summed E-state index contributed by atoms with van der Waals surface area (Å²) in [6.07, 6.45) is 1.78. The van der Waals surface area contributed by atoms with Crippen molar-refractivity contribution in [2.24, 2.45) is 5.73 Å². The van der Waals surface area contributed by atoms with Crippen molar-refractivity contribution < 1.29 is 0 Å². The number of hydrogen-bond acceptors (Lipinski definition) is 3. The zero-order valence-electron chi connectivity index (χ0n) is 8.27. The van der Waals surface area contributed by atoms with Crippen LogP contribution in [-0.4, -0.2) is 4.98 Å². The van der Waals surface area contributed by atoms with E-state index in [9.17, 15) is 0 Å². The predicted molar refractivity (Wildman–Crippen MR) is 67.0 cm³/mol. The van der Waals surface area contributed by atoms with Gasteiger partial charge in [0, 0.05) is 16.0 Å². The van der Waals surface area contributed by atoms with Crippen molar-refractivity contribution in [1.29, 1.82) is 0 Å². The molecular weight excluding hydrogens is 272 g/mol. The first kappa shape index (κ1) is 10.8. The smallest absolute Gasteiger partial charge is 0.114 e. The van der Waals surface area contributed by atoms with Crippen LogP contribution in [0.1, 0.15) is 22.2 Å². The summed E-state index contributed by atoms with van der Waals surface area (Å²) in [4.78, 5) is 4.23. The highest BCUT2D eigenvalue weighted by molar-refractivity contribution is 9.10. The molecule has 0 spiro atoms. The first-order valence-electron chi connectivity index (χ1n) is 4.59. The van der Waals surface area contributed by atoms with Crippen LogP contribution < -0.4 is 5.73 Å². The fourth-order valence-electron chi connectivity index (χ4n) is 1.39. The number of rotatable bonds is 2. The molecule has 1 aromatic heterocycles. The highest BCUT2D eigenvalue weighted by Gasteiger charge is 2.11. The van der Waals surface area contributed by atoms with Gasteiger partial charge in [-0.05, 0) is 24.1 Å². The molecule has 0 fully saturated rings. The fourth-order valence-corrected chi connectivity index (χ4v) is 2.30. The Balaban J connectivity index is 2.34. The van der Waals surface area contributed by atoms with Crippen LogP contribution in [0.3, 0.4) is 0 Å². The molecule has 2 nitrogen and oxygen atoms in total. The number of aryl methyl sites for hydroxylation is 1. The Hall–Kier alpha value is -0.710. The van der Waals surface area contributed by atoms with E-state index in [0.29, 0.717) is 0 Å². The Kier molecular flexibility index (Phi) is 3.19. The molecule has 0 aliphatic rings. The van der Waals surface area contributed by atoms with E-state index < -0.39 is 0 Å². The van der Waals surface area contributed by atoms with Gasteiger partial charge in [-0.1, -0.05) is 28.1 Å². The standard InChI is InChI=1S/C11H11BrN2S/c1-7-6-8(2-3-9(7)12)10(13)11-14-4-5-15-11/h2-6,10H,13H2,1H3. The monoisotopic (exact) mass is 282 g/mol. The molecule has 0 aliphatic carbocycles. The molecule has 4 heteroatoms. The van der Waals surface area contributed by atoms with Gasteiger partial charge in [-0.15, -0.1) is 11.3 Å². The van der Waals surface area contributed by atoms with Crippen LogP contribution >= 0.6 is 27.3 Å². The molecule has 0 radical (unpaired) electrons. The van der Waals surface area contributed by atoms with Crippen LogP contribution in [0.25, 0.3) is 0 Å². The maximum atomic E-state index is 6.11. The molecule has 0 saturated carbocycles. The number of aromatic nitrogens is 1. The van der Waals surface area contributed by atoms with Crippen molar-refractivity contribution in [3.8, 4) is 0 Å². The summed E-state index contributed by atoms with van der Waals surface area (Å²) >= 11 is 5.06. The molecule has 1 atom stereocenters. The lowest BCUT2D eigenvalue weighted by Crippen LogP contribution is -2.11. The van der Waals surface area contributed by atoms with Crippen molar-refractivity contribution in [2.75, 3.05) is 0 Å². The van der Waals surface area contributed by atoms with Gasteiger partial charge < -0.3 is 5.73 Å². The molecule has 0 amide bonds. The van der Waals surface area contributed by atoms with Crippen LogP contribution in [-0.2, 0) is 0 Å². The Morgan fingerprint density at radius 2 is 2.27 bits per heavy atom. The minimum absolute atomic E-state index is 0.114. The summed E-state index contributed by atoms with van der Waals surface area (Å²) in [5.74, 6) is 0. The minimum atomic E-state index is -0.114. The van der Waals surface area contributed by atoms with Gasteiger partial charge in [0.2, 0.25) is 0 Å². The number of nitrogens with zero attached hydrogens (tertiary/aromatic N) is 1. The van der Waals surface area contributed by atoms with Gasteiger partial charge >= 0.3 is 0 Å². The Labute approximate surface area is 101 Å². The molecule has 2 aromatic rings. The van der Waals surface area contributed by atoms with E-state index >= 15 is 0 Å². The van der Waals surface area contributed by atoms with E-state index in [-0.39, 0.29) is 6.04 Å². The van der Waals surface area contributed by atoms with Crippen LogP contribution in [0.15, 0.2) is 34.2 Å². The van der Waals surface area contributed by atoms with Crippen molar-refractivity contribution in [3.63, 3.8) is 0 Å². The summed E-state index contributed by atoms with van der Waals surface area (Å²) in [6.45, 7) is 2.06. The number of thiazole rings is 1. The molecule has 2 rings (SSSR count). The van der Waals surface area contributed by atoms with Gasteiger partial charge in [-0.25, -0.2) is 4.98 Å². The Morgan fingerprint density at radius 3 is 2.87 bits per heavy atom. The number of hydrogen-bond donors (Lipinski definition) is 1. The summed E-state index contributed by atoms with van der Waals surface area (Å²) < 4.78 is 1.11. The molecule has 15 heavy (non-hydrogen) atoms. The van der Waals surface area contributed by atoms with Crippen molar-refractivity contribution in [3.05, 3.63) is 50.4 Å². The summed E-state index contributed by atoms with van der Waals surface area (Å²) in [6, 6.07) is 6.04. The highest BCUT2D eigenvalue weighted by Crippen LogP contribution is 2.25. The molecule has 1 aromatic carbocycles. The molecule has 0 bridgehead atoms. The summed E-state index contributed by atoms with van der Waals surface area (Å²) in [7, 11) is 0. The molecule has 0 saturated heterocycles. The second-order valence-corrected chi connectivity index (χ2v) is 5.14. The topological polar surface area (TPSA) is 38.9 Å². The van der Waals surface area contributed by atoms with Crippen LogP contribution in [0.4, 0.5) is 0 Å². The van der Waals surface area contributed by atoms with Gasteiger partial charge in [0.25, 0.3) is 0 Å². The zero-order chi connectivity index (χ0) is 10.8. The summed E-state index contributed by atoms with van der Waals surface area (Å²) in [5, 5.41) is 2.90. The maximum absolute atomic E-state index is 6.11. The summed E-state index contributed by atoms with van der Waals surface area (Å²) in [5.41, 5.74) is 8.41. The average molecular weight is 283 g/mol. The van der Waals surface area contributed by atoms with Gasteiger partial charge in [0.05, 0.1) is 6.04 Å². The van der Waals surface area contributed by atoms with Gasteiger partial charge in [0.15, 0.2) is 0 Å². The lowest BCUT2D eigenvalue weighted by Gasteiger charge is -2.10. The Morgan fingerprint density at radius 1 is 1.47 bits per heavy atom. The quantitative estimate of drug-likeness (QED) is 0.918. The SMILES string of the molecule is Cc1cc(C(N)c2nccs2)ccc1Br. The molecule has 1 unspecified atom stereocenters. The van der Waals surface area contributed by atoms with Gasteiger partial charge in [-0.2, -0.15) is 0 Å². The highest BCUT2D eigenvalue weighted by atomic mass is 79.9. The minimum Gasteiger partial charge on any atom is -0.318 e. The van der Waals surface area contributed by atoms with Crippen LogP contribution in [0.2, 0.25) is 0 Å². The second-order valence-electron chi connectivity index (χ2n) is 3.36. The largest absolute Gasteiger partial charge is 0.318 e. The lowest BCUT2D eigenvalue weighted by molar-refractivity contribution is 0.855. The maximum Gasteiger partial charge on any atom is 0.114 e. The first-order chi connectivity index (χ1) is 7.18. The lowest BCUT2D eigenvalue weighted by atomic mass is 10.1. The van der Waals surface area contributed by atoms with E-state index in [4.69, 9.17) is 5.73 Å². The van der Waals surface area contributed by atoms with E-state index in [0.717, 1.165) is 15.0 Å². The third-order valence-electron chi connectivity index (χ3n) is 2.26. The first-order valence-corrected chi connectivity index (χ1v) is 6.27. The van der Waals surface area contributed by atoms with Crippen molar-refractivity contribution >= 4 is 27.3 Å². The normalized spacial score (nSPS) is 12.7. The van der Waals surface area contributed by atoms with E-state index in [1.807, 2.05) is 17.5 Å². The molecule has 0 aliphatic heterocycles. The Bertz CT molecular complexity index is 454. The fraction of sp³-hybridized carbons (Fsp3) is 0.182. The van der Waals surface area contributed by atoms with Gasteiger partial charge in [0.1, 0.15) is 5.01 Å². The third-order valence-corrected chi connectivity index (χ3v) is 4.01. The van der Waals surface area contributed by atoms with Crippen molar-refractivity contribution in [1.82, 2.24) is 4.98 Å². The van der Waals surface area contributed by atoms with E-state index in [1.54, 1.807) is 17.5 Å². The van der Waals surface area contributed by atoms with E-state index in [1.165, 1.54) is 5.56 Å². The second kappa shape index (κ2) is 4.43. The average Bonchev–Trinajstić information content (AvgIpc) is 2.74. The number of benzene rings is 1. The van der Waals surface area contributed by atoms with Crippen LogP contribution in [0, 0.1) is 6.92 Å². The third kappa shape index (κ3) is 2.27.